The monoisotopic (exact) mass is 436 g/mol. The van der Waals surface area contributed by atoms with Gasteiger partial charge in [0.15, 0.2) is 0 Å². The maximum atomic E-state index is 4.85. The second kappa shape index (κ2) is 6.19. The zero-order chi connectivity index (χ0) is 16.6. The van der Waals surface area contributed by atoms with Gasteiger partial charge < -0.3 is 0 Å². The molecule has 4 heteroatoms. The summed E-state index contributed by atoms with van der Waals surface area (Å²) in [6.45, 7) is 0. The molecule has 0 radical (unpaired) electrons. The zero-order valence-corrected chi connectivity index (χ0v) is 15.6. The molecule has 0 aliphatic carbocycles. The Hall–Kier alpha value is -2.34. The molecule has 4 aromatic rings. The van der Waals surface area contributed by atoms with Crippen molar-refractivity contribution in [1.29, 1.82) is 0 Å². The summed E-state index contributed by atoms with van der Waals surface area (Å²) in [5.74, 6) is 2.55. The van der Waals surface area contributed by atoms with Crippen LogP contribution in [0.1, 0.15) is 9.75 Å². The number of hydrogen-bond donors (Lipinski definition) is 0. The zero-order valence-electron chi connectivity index (χ0n) is 13.4. The van der Waals surface area contributed by atoms with E-state index in [2.05, 4.69) is 54.6 Å². The third-order valence-electron chi connectivity index (χ3n) is 4.30. The van der Waals surface area contributed by atoms with Crippen LogP contribution in [-0.4, -0.2) is 19.4 Å². The summed E-state index contributed by atoms with van der Waals surface area (Å²) in [6, 6.07) is 24.9. The van der Waals surface area contributed by atoms with Gasteiger partial charge >= 0.3 is 157 Å². The molecule has 1 saturated heterocycles. The van der Waals surface area contributed by atoms with Crippen molar-refractivity contribution in [1.82, 2.24) is 15.0 Å². The first-order valence-electron chi connectivity index (χ1n) is 8.26. The maximum absolute atomic E-state index is 4.85. The number of benzene rings is 3. The fourth-order valence-corrected chi connectivity index (χ4v) is 4.29. The van der Waals surface area contributed by atoms with Crippen LogP contribution in [-0.2, 0) is 0 Å². The average molecular weight is 436 g/mol. The van der Waals surface area contributed by atoms with E-state index in [-0.39, 0.29) is 21.2 Å². The van der Waals surface area contributed by atoms with Crippen molar-refractivity contribution in [2.24, 2.45) is 0 Å². The number of hydrogen-bond acceptors (Lipinski definition) is 3. The quantitative estimate of drug-likeness (QED) is 0.361. The van der Waals surface area contributed by atoms with Crippen LogP contribution >= 0.6 is 0 Å². The van der Waals surface area contributed by atoms with Gasteiger partial charge in [0, 0.05) is 0 Å². The SMILES string of the molecule is c1ccc(-c2nc(-c3cccc4ccccc34)nc(C3C[I-]3)n2)cc1. The van der Waals surface area contributed by atoms with Gasteiger partial charge in [-0.1, -0.05) is 0 Å². The molecular weight excluding hydrogens is 421 g/mol. The molecule has 0 saturated carbocycles. The first-order valence-corrected chi connectivity index (χ1v) is 11.0. The molecule has 0 amide bonds. The molecule has 3 aromatic carbocycles. The Morgan fingerprint density at radius 2 is 1.44 bits per heavy atom. The molecule has 5 rings (SSSR count). The van der Waals surface area contributed by atoms with E-state index in [1.54, 1.807) is 0 Å². The van der Waals surface area contributed by atoms with E-state index in [4.69, 9.17) is 15.0 Å². The van der Waals surface area contributed by atoms with Gasteiger partial charge in [-0.2, -0.15) is 0 Å². The van der Waals surface area contributed by atoms with E-state index >= 15 is 0 Å². The van der Waals surface area contributed by atoms with Crippen LogP contribution in [0.2, 0.25) is 0 Å². The van der Waals surface area contributed by atoms with E-state index < -0.39 is 0 Å². The Labute approximate surface area is 156 Å². The Balaban J connectivity index is 1.74. The molecule has 1 aliphatic rings. The number of rotatable bonds is 3. The van der Waals surface area contributed by atoms with Crippen LogP contribution in [0.25, 0.3) is 33.5 Å². The van der Waals surface area contributed by atoms with Gasteiger partial charge in [0.2, 0.25) is 0 Å². The number of nitrogens with zero attached hydrogens (tertiary/aromatic N) is 3. The van der Waals surface area contributed by atoms with Crippen LogP contribution in [0, 0.1) is 0 Å². The number of alkyl halides is 2. The Morgan fingerprint density at radius 3 is 2.28 bits per heavy atom. The van der Waals surface area contributed by atoms with Crippen LogP contribution in [0.5, 0.6) is 0 Å². The van der Waals surface area contributed by atoms with Crippen molar-refractivity contribution in [2.75, 3.05) is 4.43 Å². The van der Waals surface area contributed by atoms with Gasteiger partial charge in [-0.15, -0.1) is 0 Å². The topological polar surface area (TPSA) is 38.7 Å². The molecule has 122 valence electrons. The van der Waals surface area contributed by atoms with Crippen molar-refractivity contribution < 1.29 is 21.2 Å². The summed E-state index contributed by atoms with van der Waals surface area (Å²) in [6.07, 6.45) is 0. The van der Waals surface area contributed by atoms with Crippen LogP contribution in [0.4, 0.5) is 0 Å². The average Bonchev–Trinajstić information content (AvgIpc) is 3.53. The predicted octanol–water partition coefficient (Wildman–Crippen LogP) is 1.50. The molecule has 1 fully saturated rings. The van der Waals surface area contributed by atoms with E-state index in [0.29, 0.717) is 3.92 Å². The van der Waals surface area contributed by atoms with E-state index in [1.165, 1.54) is 15.2 Å². The van der Waals surface area contributed by atoms with Crippen molar-refractivity contribution in [3.63, 3.8) is 0 Å². The molecule has 1 aromatic heterocycles. The second-order valence-electron chi connectivity index (χ2n) is 6.01. The first kappa shape index (κ1) is 15.0. The minimum atomic E-state index is 0.242. The number of fused-ring (bicyclic) bond motifs is 1. The van der Waals surface area contributed by atoms with Gasteiger partial charge in [0.05, 0.1) is 0 Å². The summed E-state index contributed by atoms with van der Waals surface area (Å²) in [5, 5.41) is 2.40. The second-order valence-corrected chi connectivity index (χ2v) is 9.27. The molecule has 1 atom stereocenters. The van der Waals surface area contributed by atoms with Crippen LogP contribution in [0.15, 0.2) is 72.8 Å². The van der Waals surface area contributed by atoms with Gasteiger partial charge in [0.25, 0.3) is 0 Å². The third-order valence-corrected chi connectivity index (χ3v) is 6.62. The molecule has 3 nitrogen and oxygen atoms in total. The standard InChI is InChI=1S/C21H15IN3/c1-2-8-15(9-3-1)19-23-20(25-21(24-19)18-13-22-18)17-12-6-10-14-7-4-5-11-16(14)17/h1-12,18H,13H2/q-1. The fraction of sp³-hybridized carbons (Fsp3) is 0.0952. The van der Waals surface area contributed by atoms with Crippen molar-refractivity contribution in [2.45, 2.75) is 3.92 Å². The molecule has 1 unspecified atom stereocenters. The van der Waals surface area contributed by atoms with E-state index in [0.717, 1.165) is 28.6 Å². The summed E-state index contributed by atoms with van der Waals surface area (Å²) >= 11 is 0.242. The van der Waals surface area contributed by atoms with E-state index in [1.807, 2.05) is 18.2 Å². The van der Waals surface area contributed by atoms with Gasteiger partial charge in [-0.05, 0) is 0 Å². The summed E-state index contributed by atoms with van der Waals surface area (Å²) in [7, 11) is 0. The Bertz CT molecular complexity index is 1050. The molecule has 25 heavy (non-hydrogen) atoms. The van der Waals surface area contributed by atoms with Crippen LogP contribution in [0.3, 0.4) is 0 Å². The third kappa shape index (κ3) is 2.91. The van der Waals surface area contributed by atoms with Crippen molar-refractivity contribution >= 4 is 10.8 Å². The minimum absolute atomic E-state index is 0.242. The van der Waals surface area contributed by atoms with Crippen molar-refractivity contribution in [3.8, 4) is 22.8 Å². The predicted molar refractivity (Wildman–Crippen MR) is 95.8 cm³/mol. The van der Waals surface area contributed by atoms with Crippen LogP contribution < -0.4 is 21.2 Å². The van der Waals surface area contributed by atoms with Gasteiger partial charge in [-0.3, -0.25) is 0 Å². The molecule has 2 heterocycles. The first-order chi connectivity index (χ1) is 12.4. The van der Waals surface area contributed by atoms with E-state index in [9.17, 15) is 0 Å². The number of halogens is 1. The molecule has 1 aliphatic heterocycles. The summed E-state index contributed by atoms with van der Waals surface area (Å²) < 4.78 is 1.88. The fourth-order valence-electron chi connectivity index (χ4n) is 2.97. The summed E-state index contributed by atoms with van der Waals surface area (Å²) in [4.78, 5) is 14.4. The van der Waals surface area contributed by atoms with Crippen molar-refractivity contribution in [3.05, 3.63) is 78.6 Å². The Morgan fingerprint density at radius 1 is 0.720 bits per heavy atom. The molecule has 0 spiro atoms. The molecular formula is C21H15IN3-. The normalized spacial score (nSPS) is 16.4. The van der Waals surface area contributed by atoms with Gasteiger partial charge in [0.1, 0.15) is 0 Å². The number of aromatic nitrogens is 3. The molecule has 0 N–H and O–H groups in total. The Kier molecular flexibility index (Phi) is 3.70. The van der Waals surface area contributed by atoms with Gasteiger partial charge in [-0.25, -0.2) is 0 Å². The molecule has 0 bridgehead atoms. The summed E-state index contributed by atoms with van der Waals surface area (Å²) in [5.41, 5.74) is 2.13.